The van der Waals surface area contributed by atoms with Crippen LogP contribution in [0, 0.1) is 19.7 Å². The minimum Gasteiger partial charge on any atom is -0.398 e. The summed E-state index contributed by atoms with van der Waals surface area (Å²) in [5, 5.41) is 3.54. The fourth-order valence-corrected chi connectivity index (χ4v) is 2.60. The van der Waals surface area contributed by atoms with E-state index in [0.29, 0.717) is 11.5 Å². The number of hydrogen-bond donors (Lipinski definition) is 2. The molecule has 0 radical (unpaired) electrons. The lowest BCUT2D eigenvalue weighted by atomic mass is 10.2. The Hall–Kier alpha value is -2.00. The maximum absolute atomic E-state index is 13.7. The molecule has 1 aromatic carbocycles. The molecule has 1 aromatic heterocycles. The molecule has 0 aliphatic rings. The highest BCUT2D eigenvalue weighted by Crippen LogP contribution is 2.21. The van der Waals surface area contributed by atoms with Crippen LogP contribution in [0.4, 0.5) is 10.1 Å². The van der Waals surface area contributed by atoms with Gasteiger partial charge < -0.3 is 10.3 Å². The molecule has 0 bridgehead atoms. The monoisotopic (exact) mass is 300 g/mol. The van der Waals surface area contributed by atoms with Crippen molar-refractivity contribution in [1.29, 1.82) is 0 Å². The number of nitrogen functional groups attached to an aromatic ring is 1. The smallest absolute Gasteiger partial charge is 0.243 e. The second-order valence-corrected chi connectivity index (χ2v) is 5.93. The fourth-order valence-electron chi connectivity index (χ4n) is 1.52. The molecule has 0 fully saturated rings. The maximum atomic E-state index is 13.7. The molecule has 2 aromatic rings. The lowest BCUT2D eigenvalue weighted by molar-refractivity contribution is 0.387. The van der Waals surface area contributed by atoms with Crippen molar-refractivity contribution in [3.05, 3.63) is 35.2 Å². The summed E-state index contributed by atoms with van der Waals surface area (Å²) in [6.07, 6.45) is 0. The normalized spacial score (nSPS) is 11.8. The molecule has 0 spiro atoms. The topological polar surface area (TPSA) is 111 Å². The highest BCUT2D eigenvalue weighted by atomic mass is 32.2. The molecule has 0 saturated heterocycles. The van der Waals surface area contributed by atoms with Gasteiger partial charge in [-0.15, -0.1) is 0 Å². The van der Waals surface area contributed by atoms with Gasteiger partial charge >= 0.3 is 0 Å². The summed E-state index contributed by atoms with van der Waals surface area (Å²) in [6, 6.07) is 2.15. The quantitative estimate of drug-likeness (QED) is 0.811. The summed E-state index contributed by atoms with van der Waals surface area (Å²) in [5.74, 6) is -0.398. The van der Waals surface area contributed by atoms with Crippen molar-refractivity contribution in [2.24, 2.45) is 0 Å². The first-order chi connectivity index (χ1) is 9.29. The predicted octanol–water partition coefficient (Wildman–Crippen LogP) is 0.886. The van der Waals surface area contributed by atoms with Crippen LogP contribution >= 0.6 is 0 Å². The summed E-state index contributed by atoms with van der Waals surface area (Å²) in [5.41, 5.74) is 6.26. The summed E-state index contributed by atoms with van der Waals surface area (Å²) < 4.78 is 44.6. The van der Waals surface area contributed by atoms with Crippen molar-refractivity contribution in [3.8, 4) is 0 Å². The van der Waals surface area contributed by atoms with Gasteiger partial charge in [-0.1, -0.05) is 5.16 Å². The number of rotatable bonds is 4. The van der Waals surface area contributed by atoms with Crippen LogP contribution in [0.3, 0.4) is 0 Å². The molecule has 3 N–H and O–H groups in total. The van der Waals surface area contributed by atoms with Crippen LogP contribution in [-0.2, 0) is 16.6 Å². The van der Waals surface area contributed by atoms with E-state index >= 15 is 0 Å². The first-order valence-electron chi connectivity index (χ1n) is 5.64. The third-order valence-electron chi connectivity index (χ3n) is 2.60. The van der Waals surface area contributed by atoms with Gasteiger partial charge in [0, 0.05) is 12.6 Å². The lowest BCUT2D eigenvalue weighted by Crippen LogP contribution is -2.25. The summed E-state index contributed by atoms with van der Waals surface area (Å²) >= 11 is 0. The Morgan fingerprint density at radius 2 is 2.10 bits per heavy atom. The number of halogens is 1. The van der Waals surface area contributed by atoms with Gasteiger partial charge in [-0.05, 0) is 24.6 Å². The Balaban J connectivity index is 2.24. The molecule has 7 nitrogen and oxygen atoms in total. The summed E-state index contributed by atoms with van der Waals surface area (Å²) in [4.78, 5) is 3.33. The molecule has 0 atom stereocenters. The van der Waals surface area contributed by atoms with E-state index < -0.39 is 20.7 Å². The number of sulfonamides is 1. The Morgan fingerprint density at radius 1 is 1.40 bits per heavy atom. The number of anilines is 1. The van der Waals surface area contributed by atoms with Crippen molar-refractivity contribution < 1.29 is 17.3 Å². The molecule has 0 amide bonds. The second-order valence-electron chi connectivity index (χ2n) is 4.19. The van der Waals surface area contributed by atoms with Gasteiger partial charge in [0.2, 0.25) is 15.9 Å². The van der Waals surface area contributed by atoms with Gasteiger partial charge in [0.15, 0.2) is 5.82 Å². The number of nitrogens with zero attached hydrogens (tertiary/aromatic N) is 2. The van der Waals surface area contributed by atoms with E-state index in [1.54, 1.807) is 13.8 Å². The van der Waals surface area contributed by atoms with Crippen LogP contribution in [0.5, 0.6) is 0 Å². The van der Waals surface area contributed by atoms with Crippen LogP contribution in [-0.4, -0.2) is 18.6 Å². The van der Waals surface area contributed by atoms with Crippen LogP contribution in [0.15, 0.2) is 21.6 Å². The van der Waals surface area contributed by atoms with Crippen LogP contribution in [0.2, 0.25) is 0 Å². The van der Waals surface area contributed by atoms with Crippen LogP contribution in [0.25, 0.3) is 0 Å². The molecule has 20 heavy (non-hydrogen) atoms. The van der Waals surface area contributed by atoms with Gasteiger partial charge in [0.1, 0.15) is 10.7 Å². The van der Waals surface area contributed by atoms with Gasteiger partial charge in [0.05, 0.1) is 6.54 Å². The largest absolute Gasteiger partial charge is 0.398 e. The molecule has 108 valence electrons. The Bertz CT molecular complexity index is 742. The van der Waals surface area contributed by atoms with Crippen LogP contribution in [0.1, 0.15) is 17.3 Å². The number of aryl methyl sites for hydroxylation is 2. The Kier molecular flexibility index (Phi) is 3.73. The third kappa shape index (κ3) is 2.94. The second kappa shape index (κ2) is 5.17. The first kappa shape index (κ1) is 14.4. The van der Waals surface area contributed by atoms with Gasteiger partial charge in [-0.2, -0.15) is 4.98 Å². The van der Waals surface area contributed by atoms with Gasteiger partial charge in [-0.25, -0.2) is 17.5 Å². The summed E-state index contributed by atoms with van der Waals surface area (Å²) in [6.45, 7) is 2.96. The van der Waals surface area contributed by atoms with E-state index in [-0.39, 0.29) is 18.1 Å². The van der Waals surface area contributed by atoms with Gasteiger partial charge in [0.25, 0.3) is 0 Å². The SMILES string of the molecule is Cc1nc(CNS(=O)(=O)c2cc(N)c(C)cc2F)no1. The van der Waals surface area contributed by atoms with E-state index in [4.69, 9.17) is 10.3 Å². The van der Waals surface area contributed by atoms with Crippen LogP contribution < -0.4 is 10.5 Å². The average molecular weight is 300 g/mol. The molecular weight excluding hydrogens is 287 g/mol. The average Bonchev–Trinajstić information content (AvgIpc) is 2.77. The maximum Gasteiger partial charge on any atom is 0.243 e. The molecule has 9 heteroatoms. The Labute approximate surface area is 115 Å². The molecule has 0 unspecified atom stereocenters. The highest BCUT2D eigenvalue weighted by Gasteiger charge is 2.21. The predicted molar refractivity (Wildman–Crippen MR) is 68.6 cm³/mol. The Morgan fingerprint density at radius 3 is 2.70 bits per heavy atom. The molecule has 1 heterocycles. The van der Waals surface area contributed by atoms with E-state index in [0.717, 1.165) is 12.1 Å². The zero-order valence-corrected chi connectivity index (χ0v) is 11.7. The third-order valence-corrected chi connectivity index (χ3v) is 4.02. The van der Waals surface area contributed by atoms with E-state index in [9.17, 15) is 12.8 Å². The van der Waals surface area contributed by atoms with Crippen molar-refractivity contribution >= 4 is 15.7 Å². The fraction of sp³-hybridized carbons (Fsp3) is 0.273. The highest BCUT2D eigenvalue weighted by molar-refractivity contribution is 7.89. The molecule has 2 rings (SSSR count). The molecule has 0 aliphatic heterocycles. The number of hydrogen-bond acceptors (Lipinski definition) is 6. The summed E-state index contributed by atoms with van der Waals surface area (Å²) in [7, 11) is -4.05. The van der Waals surface area contributed by atoms with Crippen molar-refractivity contribution in [1.82, 2.24) is 14.9 Å². The zero-order chi connectivity index (χ0) is 14.9. The molecule has 0 aliphatic carbocycles. The van der Waals surface area contributed by atoms with E-state index in [1.165, 1.54) is 0 Å². The lowest BCUT2D eigenvalue weighted by Gasteiger charge is -2.08. The van der Waals surface area contributed by atoms with Gasteiger partial charge in [-0.3, -0.25) is 0 Å². The van der Waals surface area contributed by atoms with Crippen molar-refractivity contribution in [2.45, 2.75) is 25.3 Å². The number of nitrogens with two attached hydrogens (primary N) is 1. The van der Waals surface area contributed by atoms with Crippen molar-refractivity contribution in [2.75, 3.05) is 5.73 Å². The molecule has 0 saturated carbocycles. The van der Waals surface area contributed by atoms with E-state index in [2.05, 4.69) is 14.9 Å². The minimum absolute atomic E-state index is 0.159. The first-order valence-corrected chi connectivity index (χ1v) is 7.12. The number of benzene rings is 1. The van der Waals surface area contributed by atoms with Crippen molar-refractivity contribution in [3.63, 3.8) is 0 Å². The number of nitrogens with one attached hydrogen (secondary N) is 1. The minimum atomic E-state index is -4.05. The molecular formula is C11H13FN4O3S. The van der Waals surface area contributed by atoms with E-state index in [1.807, 2.05) is 0 Å². The standard InChI is InChI=1S/C11H13FN4O3S/c1-6-3-8(12)10(4-9(6)13)20(17,18)14-5-11-15-7(2)19-16-11/h3-4,14H,5,13H2,1-2H3. The number of aromatic nitrogens is 2. The zero-order valence-electron chi connectivity index (χ0n) is 10.8.